The summed E-state index contributed by atoms with van der Waals surface area (Å²) in [6.45, 7) is 0. The van der Waals surface area contributed by atoms with Gasteiger partial charge in [-0.3, -0.25) is 4.79 Å². The molecule has 3 rings (SSSR count). The fourth-order valence-corrected chi connectivity index (χ4v) is 3.72. The highest BCUT2D eigenvalue weighted by Gasteiger charge is 2.32. The SMILES string of the molecule is N#CC1(NC(=O)CSc2nc3ccccc3[nH]2)CCCCCC1. The van der Waals surface area contributed by atoms with Gasteiger partial charge < -0.3 is 10.3 Å². The molecule has 0 atom stereocenters. The topological polar surface area (TPSA) is 81.6 Å². The Morgan fingerprint density at radius 3 is 2.74 bits per heavy atom. The number of aromatic amines is 1. The maximum atomic E-state index is 12.3. The first-order valence-electron chi connectivity index (χ1n) is 8.01. The van der Waals surface area contributed by atoms with Crippen LogP contribution >= 0.6 is 11.8 Å². The highest BCUT2D eigenvalue weighted by atomic mass is 32.2. The zero-order valence-electron chi connectivity index (χ0n) is 13.0. The molecule has 1 aromatic heterocycles. The minimum atomic E-state index is -0.679. The van der Waals surface area contributed by atoms with E-state index in [4.69, 9.17) is 0 Å². The fourth-order valence-electron chi connectivity index (χ4n) is 3.03. The van der Waals surface area contributed by atoms with E-state index in [0.717, 1.165) is 54.7 Å². The second-order valence-electron chi connectivity index (χ2n) is 6.00. The number of nitrogens with zero attached hydrogens (tertiary/aromatic N) is 2. The molecule has 0 bridgehead atoms. The second kappa shape index (κ2) is 7.05. The fraction of sp³-hybridized carbons (Fsp3) is 0.471. The Hall–Kier alpha value is -2.00. The van der Waals surface area contributed by atoms with Crippen LogP contribution in [0.3, 0.4) is 0 Å². The van der Waals surface area contributed by atoms with Crippen molar-refractivity contribution in [2.45, 2.75) is 49.2 Å². The Morgan fingerprint density at radius 2 is 2.04 bits per heavy atom. The number of thioether (sulfide) groups is 1. The van der Waals surface area contributed by atoms with Gasteiger partial charge in [0, 0.05) is 0 Å². The molecule has 2 N–H and O–H groups in total. The molecule has 1 aliphatic rings. The molecule has 6 heteroatoms. The lowest BCUT2D eigenvalue weighted by Gasteiger charge is -2.26. The van der Waals surface area contributed by atoms with Crippen molar-refractivity contribution in [3.8, 4) is 6.07 Å². The van der Waals surface area contributed by atoms with Gasteiger partial charge in [0.2, 0.25) is 5.91 Å². The van der Waals surface area contributed by atoms with Gasteiger partial charge in [-0.05, 0) is 25.0 Å². The van der Waals surface area contributed by atoms with Crippen molar-refractivity contribution in [3.05, 3.63) is 24.3 Å². The van der Waals surface area contributed by atoms with Crippen LogP contribution < -0.4 is 5.32 Å². The lowest BCUT2D eigenvalue weighted by Crippen LogP contribution is -2.47. The van der Waals surface area contributed by atoms with Gasteiger partial charge in [0.05, 0.1) is 22.9 Å². The van der Waals surface area contributed by atoms with Gasteiger partial charge in [-0.2, -0.15) is 5.26 Å². The Kier molecular flexibility index (Phi) is 4.87. The monoisotopic (exact) mass is 328 g/mol. The highest BCUT2D eigenvalue weighted by molar-refractivity contribution is 7.99. The molecule has 1 aromatic carbocycles. The van der Waals surface area contributed by atoms with E-state index in [-0.39, 0.29) is 11.7 Å². The summed E-state index contributed by atoms with van der Waals surface area (Å²) in [5.41, 5.74) is 1.18. The Morgan fingerprint density at radius 1 is 1.30 bits per heavy atom. The van der Waals surface area contributed by atoms with Crippen molar-refractivity contribution in [1.82, 2.24) is 15.3 Å². The first-order chi connectivity index (χ1) is 11.2. The number of nitrogens with one attached hydrogen (secondary N) is 2. The molecule has 120 valence electrons. The van der Waals surface area contributed by atoms with Gasteiger partial charge in [-0.25, -0.2) is 4.98 Å². The molecule has 5 nitrogen and oxygen atoms in total. The van der Waals surface area contributed by atoms with Crippen molar-refractivity contribution in [3.63, 3.8) is 0 Å². The van der Waals surface area contributed by atoms with Gasteiger partial charge in [-0.15, -0.1) is 0 Å². The summed E-state index contributed by atoms with van der Waals surface area (Å²) in [5, 5.41) is 13.2. The number of benzene rings is 1. The van der Waals surface area contributed by atoms with E-state index in [0.29, 0.717) is 0 Å². The summed E-state index contributed by atoms with van der Waals surface area (Å²) in [4.78, 5) is 19.9. The third kappa shape index (κ3) is 3.85. The van der Waals surface area contributed by atoms with E-state index in [1.807, 2.05) is 24.3 Å². The molecule has 2 aromatic rings. The number of amides is 1. The third-order valence-corrected chi connectivity index (χ3v) is 5.13. The molecule has 1 saturated carbocycles. The predicted octanol–water partition coefficient (Wildman–Crippen LogP) is 3.39. The molecule has 1 heterocycles. The zero-order chi connectivity index (χ0) is 16.1. The van der Waals surface area contributed by atoms with Crippen LogP contribution in [0.4, 0.5) is 0 Å². The third-order valence-electron chi connectivity index (χ3n) is 4.26. The predicted molar refractivity (Wildman–Crippen MR) is 91.0 cm³/mol. The average Bonchev–Trinajstić information content (AvgIpc) is 2.84. The molecule has 23 heavy (non-hydrogen) atoms. The van der Waals surface area contributed by atoms with Crippen molar-refractivity contribution in [2.24, 2.45) is 0 Å². The number of imidazole rings is 1. The summed E-state index contributed by atoms with van der Waals surface area (Å²) in [6.07, 6.45) is 5.81. The smallest absolute Gasteiger partial charge is 0.231 e. The number of carbonyl (C=O) groups is 1. The molecule has 0 unspecified atom stereocenters. The van der Waals surface area contributed by atoms with Crippen LogP contribution in [-0.4, -0.2) is 27.2 Å². The average molecular weight is 328 g/mol. The van der Waals surface area contributed by atoms with Crippen molar-refractivity contribution >= 4 is 28.7 Å². The normalized spacial score (nSPS) is 17.3. The summed E-state index contributed by atoms with van der Waals surface area (Å²) in [6, 6.07) is 10.1. The number of hydrogen-bond acceptors (Lipinski definition) is 4. The van der Waals surface area contributed by atoms with Crippen LogP contribution in [-0.2, 0) is 4.79 Å². The maximum absolute atomic E-state index is 12.3. The van der Waals surface area contributed by atoms with Gasteiger partial charge in [0.1, 0.15) is 5.54 Å². The highest BCUT2D eigenvalue weighted by Crippen LogP contribution is 2.27. The van der Waals surface area contributed by atoms with Crippen LogP contribution in [0.25, 0.3) is 11.0 Å². The van der Waals surface area contributed by atoms with Gasteiger partial charge in [0.15, 0.2) is 5.16 Å². The van der Waals surface area contributed by atoms with Crippen molar-refractivity contribution in [2.75, 3.05) is 5.75 Å². The maximum Gasteiger partial charge on any atom is 0.231 e. The van der Waals surface area contributed by atoms with E-state index in [2.05, 4.69) is 21.4 Å². The van der Waals surface area contributed by atoms with Crippen molar-refractivity contribution < 1.29 is 4.79 Å². The Balaban J connectivity index is 1.59. The van der Waals surface area contributed by atoms with E-state index >= 15 is 0 Å². The minimum absolute atomic E-state index is 0.0982. The standard InChI is InChI=1S/C17H20N4OS/c18-12-17(9-5-1-2-6-10-17)21-15(22)11-23-16-19-13-7-3-4-8-14(13)20-16/h3-4,7-8H,1-2,5-6,9-11H2,(H,19,20)(H,21,22). The van der Waals surface area contributed by atoms with Gasteiger partial charge in [0.25, 0.3) is 0 Å². The van der Waals surface area contributed by atoms with Crippen LogP contribution in [0.2, 0.25) is 0 Å². The van der Waals surface area contributed by atoms with E-state index < -0.39 is 5.54 Å². The van der Waals surface area contributed by atoms with E-state index in [1.54, 1.807) is 0 Å². The first-order valence-corrected chi connectivity index (χ1v) is 8.99. The van der Waals surface area contributed by atoms with Crippen molar-refractivity contribution in [1.29, 1.82) is 5.26 Å². The Labute approximate surface area is 139 Å². The lowest BCUT2D eigenvalue weighted by molar-refractivity contribution is -0.120. The molecule has 1 aliphatic carbocycles. The number of H-pyrrole nitrogens is 1. The summed E-state index contributed by atoms with van der Waals surface area (Å²) >= 11 is 1.37. The quantitative estimate of drug-likeness (QED) is 0.666. The summed E-state index contributed by atoms with van der Waals surface area (Å²) in [5.74, 6) is 0.169. The minimum Gasteiger partial charge on any atom is -0.337 e. The first kappa shape index (κ1) is 15.9. The van der Waals surface area contributed by atoms with Crippen LogP contribution in [0.5, 0.6) is 0 Å². The van der Waals surface area contributed by atoms with Crippen LogP contribution in [0.15, 0.2) is 29.4 Å². The molecule has 0 saturated heterocycles. The largest absolute Gasteiger partial charge is 0.337 e. The zero-order valence-corrected chi connectivity index (χ0v) is 13.8. The lowest BCUT2D eigenvalue weighted by atomic mass is 9.92. The molecule has 0 spiro atoms. The molecular weight excluding hydrogens is 308 g/mol. The number of hydrogen-bond donors (Lipinski definition) is 2. The van der Waals surface area contributed by atoms with Gasteiger partial charge >= 0.3 is 0 Å². The molecule has 0 radical (unpaired) electrons. The van der Waals surface area contributed by atoms with Gasteiger partial charge in [-0.1, -0.05) is 49.6 Å². The second-order valence-corrected chi connectivity index (χ2v) is 6.97. The number of para-hydroxylation sites is 2. The number of carbonyl (C=O) groups excluding carboxylic acids is 1. The number of aromatic nitrogens is 2. The molecule has 0 aliphatic heterocycles. The molecule has 1 fully saturated rings. The molecular formula is C17H20N4OS. The number of fused-ring (bicyclic) bond motifs is 1. The Bertz CT molecular complexity index is 693. The summed E-state index contributed by atoms with van der Waals surface area (Å²) in [7, 11) is 0. The van der Waals surface area contributed by atoms with Crippen LogP contribution in [0, 0.1) is 11.3 Å². The van der Waals surface area contributed by atoms with E-state index in [1.165, 1.54) is 11.8 Å². The number of nitriles is 1. The van der Waals surface area contributed by atoms with E-state index in [9.17, 15) is 10.1 Å². The summed E-state index contributed by atoms with van der Waals surface area (Å²) < 4.78 is 0. The molecule has 1 amide bonds. The number of rotatable bonds is 4. The van der Waals surface area contributed by atoms with Crippen LogP contribution in [0.1, 0.15) is 38.5 Å².